The number of aryl methyl sites for hydroxylation is 3. The van der Waals surface area contributed by atoms with Crippen LogP contribution in [0, 0.1) is 13.8 Å². The smallest absolute Gasteiger partial charge is 0.127 e. The molecule has 5 heteroatoms. The van der Waals surface area contributed by atoms with Gasteiger partial charge in [0.15, 0.2) is 0 Å². The third-order valence-electron chi connectivity index (χ3n) is 3.12. The van der Waals surface area contributed by atoms with Gasteiger partial charge in [0.05, 0.1) is 16.4 Å². The Morgan fingerprint density at radius 3 is 2.72 bits per heavy atom. The number of pyridine rings is 1. The van der Waals surface area contributed by atoms with Gasteiger partial charge in [-0.25, -0.2) is 4.98 Å². The fourth-order valence-corrected chi connectivity index (χ4v) is 2.25. The van der Waals surface area contributed by atoms with Crippen molar-refractivity contribution in [3.63, 3.8) is 0 Å². The van der Waals surface area contributed by atoms with Gasteiger partial charge in [0.25, 0.3) is 0 Å². The Morgan fingerprint density at radius 1 is 1.39 bits per heavy atom. The lowest BCUT2D eigenvalue weighted by atomic mass is 10.1. The topological polar surface area (TPSA) is 56.7 Å². The van der Waals surface area contributed by atoms with Crippen LogP contribution in [0.15, 0.2) is 12.3 Å². The van der Waals surface area contributed by atoms with Crippen molar-refractivity contribution in [1.29, 1.82) is 0 Å². The van der Waals surface area contributed by atoms with Crippen LogP contribution in [-0.2, 0) is 13.0 Å². The van der Waals surface area contributed by atoms with E-state index in [1.54, 1.807) is 6.20 Å². The van der Waals surface area contributed by atoms with Crippen LogP contribution in [0.1, 0.15) is 29.4 Å². The molecule has 0 aliphatic rings. The van der Waals surface area contributed by atoms with Crippen molar-refractivity contribution >= 4 is 17.4 Å². The number of halogens is 1. The van der Waals surface area contributed by atoms with E-state index in [1.807, 2.05) is 31.5 Å². The van der Waals surface area contributed by atoms with Gasteiger partial charge in [-0.2, -0.15) is 5.10 Å². The van der Waals surface area contributed by atoms with Crippen LogP contribution in [0.5, 0.6) is 0 Å². The summed E-state index contributed by atoms with van der Waals surface area (Å²) < 4.78 is 1.92. The van der Waals surface area contributed by atoms with E-state index < -0.39 is 0 Å². The average molecular weight is 265 g/mol. The molecule has 96 valence electrons. The number of nitrogens with two attached hydrogens (primary N) is 1. The minimum atomic E-state index is 0.563. The molecule has 2 rings (SSSR count). The summed E-state index contributed by atoms with van der Waals surface area (Å²) in [6.45, 7) is 6.78. The first-order valence-corrected chi connectivity index (χ1v) is 6.34. The van der Waals surface area contributed by atoms with Crippen LogP contribution in [0.2, 0.25) is 5.02 Å². The zero-order valence-electron chi connectivity index (χ0n) is 10.9. The van der Waals surface area contributed by atoms with Gasteiger partial charge in [-0.1, -0.05) is 11.6 Å². The molecule has 0 atom stereocenters. The highest BCUT2D eigenvalue weighted by molar-refractivity contribution is 6.31. The monoisotopic (exact) mass is 264 g/mol. The highest BCUT2D eigenvalue weighted by Crippen LogP contribution is 2.25. The second-order valence-electron chi connectivity index (χ2n) is 4.33. The van der Waals surface area contributed by atoms with Gasteiger partial charge in [0.1, 0.15) is 5.82 Å². The molecule has 0 saturated heterocycles. The van der Waals surface area contributed by atoms with E-state index in [4.69, 9.17) is 17.3 Å². The van der Waals surface area contributed by atoms with Crippen molar-refractivity contribution in [3.8, 4) is 0 Å². The molecule has 2 aromatic rings. The summed E-state index contributed by atoms with van der Waals surface area (Å²) in [7, 11) is 0. The molecule has 0 spiro atoms. The van der Waals surface area contributed by atoms with Crippen molar-refractivity contribution < 1.29 is 0 Å². The van der Waals surface area contributed by atoms with Gasteiger partial charge in [-0.3, -0.25) is 4.68 Å². The number of aromatic nitrogens is 3. The molecule has 0 amide bonds. The van der Waals surface area contributed by atoms with E-state index in [1.165, 1.54) is 0 Å². The maximum absolute atomic E-state index is 6.30. The molecule has 2 N–H and O–H groups in total. The molecule has 2 aromatic heterocycles. The largest absolute Gasteiger partial charge is 0.383 e. The SMILES string of the molecule is CCn1nc(C)c(Cl)c1Cc1c(C)ccnc1N. The molecule has 0 saturated carbocycles. The first kappa shape index (κ1) is 12.9. The Bertz CT molecular complexity index is 554. The summed E-state index contributed by atoms with van der Waals surface area (Å²) in [5, 5.41) is 5.13. The molecule has 0 radical (unpaired) electrons. The first-order valence-electron chi connectivity index (χ1n) is 5.96. The predicted octanol–water partition coefficient (Wildman–Crippen LogP) is 2.74. The van der Waals surface area contributed by atoms with Gasteiger partial charge in [-0.15, -0.1) is 0 Å². The number of nitrogens with zero attached hydrogens (tertiary/aromatic N) is 3. The highest BCUT2D eigenvalue weighted by atomic mass is 35.5. The molecule has 2 heterocycles. The molecule has 0 unspecified atom stereocenters. The van der Waals surface area contributed by atoms with E-state index >= 15 is 0 Å². The highest BCUT2D eigenvalue weighted by Gasteiger charge is 2.15. The molecule has 4 nitrogen and oxygen atoms in total. The molecule has 0 aromatic carbocycles. The third kappa shape index (κ3) is 2.20. The fourth-order valence-electron chi connectivity index (χ4n) is 2.05. The zero-order valence-corrected chi connectivity index (χ0v) is 11.6. The van der Waals surface area contributed by atoms with E-state index in [2.05, 4.69) is 10.1 Å². The Balaban J connectivity index is 2.46. The van der Waals surface area contributed by atoms with Gasteiger partial charge in [-0.05, 0) is 32.4 Å². The quantitative estimate of drug-likeness (QED) is 0.927. The second-order valence-corrected chi connectivity index (χ2v) is 4.71. The number of anilines is 1. The van der Waals surface area contributed by atoms with E-state index in [0.29, 0.717) is 12.2 Å². The molecule has 0 aliphatic heterocycles. The van der Waals surface area contributed by atoms with Crippen LogP contribution in [-0.4, -0.2) is 14.8 Å². The van der Waals surface area contributed by atoms with Gasteiger partial charge >= 0.3 is 0 Å². The standard InChI is InChI=1S/C13H17ClN4/c1-4-18-11(12(14)9(3)17-18)7-10-8(2)5-6-16-13(10)15/h5-6H,4,7H2,1-3H3,(H2,15,16). The van der Waals surface area contributed by atoms with Crippen molar-refractivity contribution in [2.24, 2.45) is 0 Å². The Labute approximate surface area is 112 Å². The predicted molar refractivity (Wildman–Crippen MR) is 73.8 cm³/mol. The van der Waals surface area contributed by atoms with Crippen molar-refractivity contribution in [2.75, 3.05) is 5.73 Å². The van der Waals surface area contributed by atoms with Crippen LogP contribution >= 0.6 is 11.6 Å². The lowest BCUT2D eigenvalue weighted by Gasteiger charge is -2.10. The third-order valence-corrected chi connectivity index (χ3v) is 3.61. The lowest BCUT2D eigenvalue weighted by molar-refractivity contribution is 0.624. The number of nitrogen functional groups attached to an aromatic ring is 1. The zero-order chi connectivity index (χ0) is 13.3. The second kappa shape index (κ2) is 4.98. The lowest BCUT2D eigenvalue weighted by Crippen LogP contribution is -2.07. The van der Waals surface area contributed by atoms with Gasteiger partial charge in [0.2, 0.25) is 0 Å². The van der Waals surface area contributed by atoms with Gasteiger partial charge < -0.3 is 5.73 Å². The summed E-state index contributed by atoms with van der Waals surface area (Å²) in [4.78, 5) is 4.13. The molecule has 0 fully saturated rings. The van der Waals surface area contributed by atoms with Crippen LogP contribution in [0.25, 0.3) is 0 Å². The summed E-state index contributed by atoms with van der Waals surface area (Å²) in [5.41, 5.74) is 9.94. The fraction of sp³-hybridized carbons (Fsp3) is 0.385. The van der Waals surface area contributed by atoms with Crippen molar-refractivity contribution in [3.05, 3.63) is 39.8 Å². The van der Waals surface area contributed by atoms with Crippen molar-refractivity contribution in [2.45, 2.75) is 33.7 Å². The van der Waals surface area contributed by atoms with E-state index in [-0.39, 0.29) is 0 Å². The van der Waals surface area contributed by atoms with Crippen LogP contribution in [0.4, 0.5) is 5.82 Å². The number of hydrogen-bond donors (Lipinski definition) is 1. The van der Waals surface area contributed by atoms with E-state index in [0.717, 1.165) is 34.1 Å². The summed E-state index contributed by atoms with van der Waals surface area (Å²) in [5.74, 6) is 0.563. The molecule has 0 aliphatic carbocycles. The molecular weight excluding hydrogens is 248 g/mol. The minimum absolute atomic E-state index is 0.563. The van der Waals surface area contributed by atoms with E-state index in [9.17, 15) is 0 Å². The molecule has 18 heavy (non-hydrogen) atoms. The molecular formula is C13H17ClN4. The Hall–Kier alpha value is -1.55. The average Bonchev–Trinajstić information content (AvgIpc) is 2.61. The minimum Gasteiger partial charge on any atom is -0.383 e. The summed E-state index contributed by atoms with van der Waals surface area (Å²) in [6.07, 6.45) is 2.39. The Morgan fingerprint density at radius 2 is 2.11 bits per heavy atom. The summed E-state index contributed by atoms with van der Waals surface area (Å²) >= 11 is 6.30. The van der Waals surface area contributed by atoms with Crippen molar-refractivity contribution in [1.82, 2.24) is 14.8 Å². The van der Waals surface area contributed by atoms with Gasteiger partial charge in [0, 0.05) is 24.7 Å². The number of hydrogen-bond acceptors (Lipinski definition) is 3. The van der Waals surface area contributed by atoms with Crippen LogP contribution < -0.4 is 5.73 Å². The van der Waals surface area contributed by atoms with Crippen LogP contribution in [0.3, 0.4) is 0 Å². The summed E-state index contributed by atoms with van der Waals surface area (Å²) in [6, 6.07) is 1.96. The Kier molecular flexibility index (Phi) is 3.57. The molecule has 0 bridgehead atoms. The number of rotatable bonds is 3. The normalized spacial score (nSPS) is 10.9. The first-order chi connectivity index (χ1) is 8.54. The maximum Gasteiger partial charge on any atom is 0.127 e. The maximum atomic E-state index is 6.30.